The fraction of sp³-hybridized carbons (Fsp3) is 1.00. The summed E-state index contributed by atoms with van der Waals surface area (Å²) in [6.07, 6.45) is 0.944. The van der Waals surface area contributed by atoms with E-state index in [1.54, 1.807) is 0 Å². The predicted octanol–water partition coefficient (Wildman–Crippen LogP) is -0.862. The van der Waals surface area contributed by atoms with Crippen molar-refractivity contribution in [2.24, 2.45) is 11.5 Å². The summed E-state index contributed by atoms with van der Waals surface area (Å²) in [4.78, 5) is 0. The summed E-state index contributed by atoms with van der Waals surface area (Å²) >= 11 is 0. The van der Waals surface area contributed by atoms with Crippen molar-refractivity contribution in [3.05, 3.63) is 0 Å². The zero-order chi connectivity index (χ0) is 4.12. The van der Waals surface area contributed by atoms with Crippen molar-refractivity contribution in [1.82, 2.24) is 0 Å². The van der Waals surface area contributed by atoms with Gasteiger partial charge in [0.05, 0.1) is 0 Å². The molecule has 0 saturated heterocycles. The molecule has 0 spiro atoms. The van der Waals surface area contributed by atoms with E-state index in [4.69, 9.17) is 11.5 Å². The van der Waals surface area contributed by atoms with E-state index < -0.39 is 0 Å². The molecule has 0 saturated carbocycles. The summed E-state index contributed by atoms with van der Waals surface area (Å²) in [5, 5.41) is 0. The molecule has 2 nitrogen and oxygen atoms in total. The van der Waals surface area contributed by atoms with E-state index in [2.05, 4.69) is 0 Å². The average Bonchev–Trinajstić information content (AvgIpc) is 1.41. The summed E-state index contributed by atoms with van der Waals surface area (Å²) in [5.74, 6) is 0. The van der Waals surface area contributed by atoms with Gasteiger partial charge in [-0.15, -0.1) is 0 Å². The van der Waals surface area contributed by atoms with E-state index in [0.29, 0.717) is 0 Å². The second-order valence-electron chi connectivity index (χ2n) is 0.931. The van der Waals surface area contributed by atoms with Gasteiger partial charge in [-0.3, -0.25) is 0 Å². The van der Waals surface area contributed by atoms with Gasteiger partial charge in [-0.25, -0.2) is 0 Å². The smallest absolute Gasteiger partial charge is 1.00 e. The molecule has 0 aromatic heterocycles. The van der Waals surface area contributed by atoms with Gasteiger partial charge in [0.15, 0.2) is 0 Å². The molecule has 0 atom stereocenters. The summed E-state index contributed by atoms with van der Waals surface area (Å²) < 4.78 is 0. The Hall–Kier alpha value is 1.49. The summed E-state index contributed by atoms with van der Waals surface area (Å²) in [7, 11) is 0. The van der Waals surface area contributed by atoms with E-state index in [-0.39, 0.29) is 51.7 Å². The average molecular weight is 213 g/mol. The molecule has 0 rings (SSSR count). The van der Waals surface area contributed by atoms with Crippen LogP contribution in [0.3, 0.4) is 0 Å². The van der Waals surface area contributed by atoms with Crippen LogP contribution in [-0.4, -0.2) is 62.0 Å². The van der Waals surface area contributed by atoms with Crippen molar-refractivity contribution in [2.75, 3.05) is 13.1 Å². The van der Waals surface area contributed by atoms with Crippen LogP contribution in [0.2, 0.25) is 0 Å². The van der Waals surface area contributed by atoms with Crippen LogP contribution in [-0.2, 0) is 0 Å². The Kier molecular flexibility index (Phi) is 16.9. The van der Waals surface area contributed by atoms with Crippen molar-refractivity contribution < 1.29 is 2.85 Å². The molecule has 0 heterocycles. The minimum absolute atomic E-state index is 0. The third kappa shape index (κ3) is 9.09. The minimum atomic E-state index is 0. The van der Waals surface area contributed by atoms with Gasteiger partial charge in [0.1, 0.15) is 0 Å². The Morgan fingerprint density at radius 3 is 1.50 bits per heavy atom. The predicted molar refractivity (Wildman–Crippen MR) is 30.7 cm³/mol. The molecular weight excluding hydrogens is 201 g/mol. The van der Waals surface area contributed by atoms with E-state index >= 15 is 0 Å². The topological polar surface area (TPSA) is 52.0 Å². The molecule has 0 aromatic rings. The Labute approximate surface area is 81.7 Å². The summed E-state index contributed by atoms with van der Waals surface area (Å²) in [6.45, 7) is 1.44. The molecule has 0 unspecified atom stereocenters. The maximum Gasteiger partial charge on any atom is 2.00 e. The molecule has 4 N–H and O–H groups in total. The van der Waals surface area contributed by atoms with Crippen LogP contribution in [0.25, 0.3) is 0 Å². The molecule has 0 aliphatic carbocycles. The van der Waals surface area contributed by atoms with E-state index in [0.717, 1.165) is 19.5 Å². The van der Waals surface area contributed by atoms with Gasteiger partial charge in [-0.2, -0.15) is 0 Å². The standard InChI is InChI=1S/C3H10N2.Ba.2H/c4-2-1-3-5;;;/h1-5H2;;;/q;+2;2*-1. The number of hydrogen-bond acceptors (Lipinski definition) is 2. The Morgan fingerprint density at radius 1 is 1.17 bits per heavy atom. The number of hydrogen-bond donors (Lipinski definition) is 2. The fourth-order valence-electron chi connectivity index (χ4n) is 0.118. The van der Waals surface area contributed by atoms with Gasteiger partial charge in [0, 0.05) is 0 Å². The van der Waals surface area contributed by atoms with Crippen LogP contribution in [0.4, 0.5) is 0 Å². The second-order valence-corrected chi connectivity index (χ2v) is 0.931. The molecule has 0 aliphatic heterocycles. The first-order valence-corrected chi connectivity index (χ1v) is 1.82. The normalized spacial score (nSPS) is 7.00. The zero-order valence-electron chi connectivity index (χ0n) is 5.98. The van der Waals surface area contributed by atoms with Crippen molar-refractivity contribution in [3.63, 3.8) is 0 Å². The summed E-state index contributed by atoms with van der Waals surface area (Å²) in [6, 6.07) is 0. The Bertz CT molecular complexity index is 22.8. The van der Waals surface area contributed by atoms with Crippen molar-refractivity contribution in [2.45, 2.75) is 6.42 Å². The SMILES string of the molecule is NCCCN.[Ba+2].[H-].[H-]. The third-order valence-corrected chi connectivity index (χ3v) is 0.408. The Morgan fingerprint density at radius 2 is 1.50 bits per heavy atom. The number of nitrogens with two attached hydrogens (primary N) is 2. The van der Waals surface area contributed by atoms with E-state index in [9.17, 15) is 0 Å². The van der Waals surface area contributed by atoms with Crippen LogP contribution >= 0.6 is 0 Å². The number of rotatable bonds is 2. The van der Waals surface area contributed by atoms with Crippen LogP contribution in [0.1, 0.15) is 9.27 Å². The molecule has 0 aromatic carbocycles. The monoisotopic (exact) mass is 214 g/mol. The first-order chi connectivity index (χ1) is 2.41. The minimum Gasteiger partial charge on any atom is -1.00 e. The van der Waals surface area contributed by atoms with E-state index in [1.165, 1.54) is 0 Å². The molecule has 0 aliphatic rings. The van der Waals surface area contributed by atoms with Crippen molar-refractivity contribution >= 4 is 48.9 Å². The van der Waals surface area contributed by atoms with Crippen LogP contribution in [0, 0.1) is 0 Å². The maximum absolute atomic E-state index is 5.06. The van der Waals surface area contributed by atoms with Crippen molar-refractivity contribution in [3.8, 4) is 0 Å². The van der Waals surface area contributed by atoms with Gasteiger partial charge in [-0.1, -0.05) is 0 Å². The molecule has 0 radical (unpaired) electrons. The second kappa shape index (κ2) is 9.70. The van der Waals surface area contributed by atoms with Gasteiger partial charge in [0.2, 0.25) is 0 Å². The maximum atomic E-state index is 5.06. The summed E-state index contributed by atoms with van der Waals surface area (Å²) in [5.41, 5.74) is 10.1. The van der Waals surface area contributed by atoms with Gasteiger partial charge in [-0.05, 0) is 19.5 Å². The molecule has 3 heteroatoms. The van der Waals surface area contributed by atoms with E-state index in [1.807, 2.05) is 0 Å². The first kappa shape index (κ1) is 10.5. The molecule has 0 bridgehead atoms. The van der Waals surface area contributed by atoms with Crippen LogP contribution in [0.15, 0.2) is 0 Å². The van der Waals surface area contributed by atoms with Crippen LogP contribution in [0.5, 0.6) is 0 Å². The molecular formula is C3H12BaN2. The molecule has 0 fully saturated rings. The van der Waals surface area contributed by atoms with Gasteiger partial charge in [0.25, 0.3) is 0 Å². The van der Waals surface area contributed by atoms with Crippen LogP contribution < -0.4 is 11.5 Å². The quantitative estimate of drug-likeness (QED) is 0.587. The fourth-order valence-corrected chi connectivity index (χ4v) is 0.118. The largest absolute Gasteiger partial charge is 2.00 e. The molecule has 0 amide bonds. The first-order valence-electron chi connectivity index (χ1n) is 1.82. The Balaban J connectivity index is -0.0000000267. The van der Waals surface area contributed by atoms with Crippen molar-refractivity contribution in [1.29, 1.82) is 0 Å². The zero-order valence-corrected chi connectivity index (χ0v) is 8.42. The molecule has 6 heavy (non-hydrogen) atoms. The van der Waals surface area contributed by atoms with Gasteiger partial charge < -0.3 is 14.3 Å². The third-order valence-electron chi connectivity index (χ3n) is 0.408. The van der Waals surface area contributed by atoms with Gasteiger partial charge >= 0.3 is 48.9 Å². The molecule has 36 valence electrons.